The topological polar surface area (TPSA) is 52.7 Å². The van der Waals surface area contributed by atoms with Crippen LogP contribution in [0.15, 0.2) is 33.6 Å². The van der Waals surface area contributed by atoms with Gasteiger partial charge in [0.15, 0.2) is 0 Å². The molecule has 0 amide bonds. The lowest BCUT2D eigenvalue weighted by Crippen LogP contribution is -2.62. The fraction of sp³-hybridized carbons (Fsp3) is 0.538. The molecule has 3 rings (SSSR count). The molecule has 1 aromatic carbocycles. The lowest BCUT2D eigenvalue weighted by molar-refractivity contribution is 0.103. The van der Waals surface area contributed by atoms with Crippen LogP contribution in [0.1, 0.15) is 0 Å². The maximum atomic E-state index is 12.5. The van der Waals surface area contributed by atoms with Crippen LogP contribution in [0.25, 0.3) is 0 Å². The molecule has 0 atom stereocenters. The van der Waals surface area contributed by atoms with Crippen LogP contribution >= 0.6 is 15.9 Å². The molecule has 2 aliphatic heterocycles. The van der Waals surface area contributed by atoms with Gasteiger partial charge in [-0.1, -0.05) is 15.9 Å². The van der Waals surface area contributed by atoms with E-state index in [9.17, 15) is 8.42 Å². The summed E-state index contributed by atoms with van der Waals surface area (Å²) in [5.74, 6) is 0. The predicted octanol–water partition coefficient (Wildman–Crippen LogP) is 0.727. The van der Waals surface area contributed by atoms with E-state index in [0.717, 1.165) is 30.7 Å². The molecule has 2 heterocycles. The zero-order valence-corrected chi connectivity index (χ0v) is 13.5. The summed E-state index contributed by atoms with van der Waals surface area (Å²) in [6.45, 7) is 4.85. The predicted molar refractivity (Wildman–Crippen MR) is 81.1 cm³/mol. The minimum Gasteiger partial charge on any atom is -0.314 e. The molecule has 110 valence electrons. The summed E-state index contributed by atoms with van der Waals surface area (Å²) in [6, 6.07) is 7.43. The number of nitrogens with zero attached hydrogens (tertiary/aromatic N) is 2. The number of halogens is 1. The van der Waals surface area contributed by atoms with E-state index in [-0.39, 0.29) is 0 Å². The van der Waals surface area contributed by atoms with Crippen LogP contribution in [0.4, 0.5) is 0 Å². The number of sulfonamides is 1. The Kier molecular flexibility index (Phi) is 4.14. The second-order valence-electron chi connectivity index (χ2n) is 5.21. The lowest BCUT2D eigenvalue weighted by atomic mass is 10.1. The highest BCUT2D eigenvalue weighted by Crippen LogP contribution is 2.21. The molecular weight excluding hydrogens is 342 g/mol. The Bertz CT molecular complexity index is 564. The molecule has 0 saturated carbocycles. The molecule has 1 aromatic rings. The van der Waals surface area contributed by atoms with E-state index in [2.05, 4.69) is 26.1 Å². The van der Waals surface area contributed by atoms with Crippen molar-refractivity contribution in [2.75, 3.05) is 39.3 Å². The number of nitrogens with one attached hydrogen (secondary N) is 1. The van der Waals surface area contributed by atoms with Crippen LogP contribution in [0.3, 0.4) is 0 Å². The fourth-order valence-electron chi connectivity index (χ4n) is 2.60. The molecule has 2 saturated heterocycles. The molecule has 0 unspecified atom stereocenters. The monoisotopic (exact) mass is 359 g/mol. The molecule has 0 aliphatic carbocycles. The van der Waals surface area contributed by atoms with Crippen molar-refractivity contribution in [1.29, 1.82) is 0 Å². The molecule has 2 fully saturated rings. The molecule has 2 aliphatic rings. The zero-order chi connectivity index (χ0) is 14.2. The third-order valence-electron chi connectivity index (χ3n) is 4.00. The van der Waals surface area contributed by atoms with E-state index in [1.54, 1.807) is 28.6 Å². The Morgan fingerprint density at radius 2 is 1.65 bits per heavy atom. The highest BCUT2D eigenvalue weighted by Gasteiger charge is 2.32. The molecule has 0 radical (unpaired) electrons. The molecule has 0 bridgehead atoms. The van der Waals surface area contributed by atoms with Gasteiger partial charge in [0.25, 0.3) is 0 Å². The first-order valence-electron chi connectivity index (χ1n) is 6.78. The summed E-state index contributed by atoms with van der Waals surface area (Å²) >= 11 is 3.33. The third-order valence-corrected chi connectivity index (χ3v) is 6.44. The molecule has 0 spiro atoms. The SMILES string of the molecule is O=S(=O)(c1ccc(Br)cc1)N1CCN(C2CNC2)CC1. The van der Waals surface area contributed by atoms with Crippen molar-refractivity contribution < 1.29 is 8.42 Å². The summed E-state index contributed by atoms with van der Waals surface area (Å²) in [6.07, 6.45) is 0. The van der Waals surface area contributed by atoms with Gasteiger partial charge in [-0.15, -0.1) is 0 Å². The van der Waals surface area contributed by atoms with Crippen molar-refractivity contribution in [2.24, 2.45) is 0 Å². The summed E-state index contributed by atoms with van der Waals surface area (Å²) in [7, 11) is -3.35. The molecule has 7 heteroatoms. The van der Waals surface area contributed by atoms with E-state index in [0.29, 0.717) is 24.0 Å². The number of piperazine rings is 1. The van der Waals surface area contributed by atoms with E-state index in [1.165, 1.54) is 0 Å². The van der Waals surface area contributed by atoms with Gasteiger partial charge in [-0.3, -0.25) is 4.90 Å². The van der Waals surface area contributed by atoms with Gasteiger partial charge in [0.2, 0.25) is 10.0 Å². The minimum atomic E-state index is -3.35. The van der Waals surface area contributed by atoms with Crippen molar-refractivity contribution in [1.82, 2.24) is 14.5 Å². The van der Waals surface area contributed by atoms with Crippen LogP contribution in [-0.4, -0.2) is 62.9 Å². The summed E-state index contributed by atoms with van der Waals surface area (Å²) in [5.41, 5.74) is 0. The van der Waals surface area contributed by atoms with Crippen LogP contribution < -0.4 is 5.32 Å². The summed E-state index contributed by atoms with van der Waals surface area (Å²) < 4.78 is 27.6. The first-order valence-corrected chi connectivity index (χ1v) is 9.01. The molecule has 0 aromatic heterocycles. The van der Waals surface area contributed by atoms with E-state index in [1.807, 2.05) is 0 Å². The average Bonchev–Trinajstić information content (AvgIpc) is 2.38. The Hall–Kier alpha value is -0.470. The second kappa shape index (κ2) is 5.73. The Morgan fingerprint density at radius 3 is 2.15 bits per heavy atom. The first kappa shape index (κ1) is 14.5. The standard InChI is InChI=1S/C13H18BrN3O2S/c14-11-1-3-13(4-2-11)20(18,19)17-7-5-16(6-8-17)12-9-15-10-12/h1-4,12,15H,5-10H2. The average molecular weight is 360 g/mol. The van der Waals surface area contributed by atoms with Gasteiger partial charge in [0.1, 0.15) is 0 Å². The van der Waals surface area contributed by atoms with Gasteiger partial charge in [-0.05, 0) is 24.3 Å². The largest absolute Gasteiger partial charge is 0.314 e. The second-order valence-corrected chi connectivity index (χ2v) is 8.06. The quantitative estimate of drug-likeness (QED) is 0.864. The van der Waals surface area contributed by atoms with Crippen molar-refractivity contribution in [2.45, 2.75) is 10.9 Å². The van der Waals surface area contributed by atoms with Crippen LogP contribution in [0, 0.1) is 0 Å². The molecule has 5 nitrogen and oxygen atoms in total. The van der Waals surface area contributed by atoms with E-state index in [4.69, 9.17) is 0 Å². The van der Waals surface area contributed by atoms with Gasteiger partial charge >= 0.3 is 0 Å². The Labute approximate surface area is 128 Å². The van der Waals surface area contributed by atoms with Gasteiger partial charge in [-0.2, -0.15) is 4.31 Å². The Balaban J connectivity index is 1.68. The van der Waals surface area contributed by atoms with Gasteiger partial charge in [0.05, 0.1) is 4.90 Å². The number of rotatable bonds is 3. The molecule has 20 heavy (non-hydrogen) atoms. The smallest absolute Gasteiger partial charge is 0.243 e. The number of benzene rings is 1. The highest BCUT2D eigenvalue weighted by atomic mass is 79.9. The molecular formula is C13H18BrN3O2S. The number of hydrogen-bond acceptors (Lipinski definition) is 4. The van der Waals surface area contributed by atoms with Crippen LogP contribution in [-0.2, 0) is 10.0 Å². The van der Waals surface area contributed by atoms with Crippen molar-refractivity contribution in [3.63, 3.8) is 0 Å². The lowest BCUT2D eigenvalue weighted by Gasteiger charge is -2.42. The number of hydrogen-bond donors (Lipinski definition) is 1. The highest BCUT2D eigenvalue weighted by molar-refractivity contribution is 9.10. The van der Waals surface area contributed by atoms with E-state index >= 15 is 0 Å². The minimum absolute atomic E-state index is 0.375. The van der Waals surface area contributed by atoms with Gasteiger partial charge < -0.3 is 5.32 Å². The summed E-state index contributed by atoms with van der Waals surface area (Å²) in [5, 5.41) is 3.25. The van der Waals surface area contributed by atoms with Crippen molar-refractivity contribution in [3.8, 4) is 0 Å². The molecule has 1 N–H and O–H groups in total. The first-order chi connectivity index (χ1) is 9.57. The van der Waals surface area contributed by atoms with Crippen molar-refractivity contribution in [3.05, 3.63) is 28.7 Å². The van der Waals surface area contributed by atoms with Crippen molar-refractivity contribution >= 4 is 26.0 Å². The van der Waals surface area contributed by atoms with Crippen LogP contribution in [0.2, 0.25) is 0 Å². The van der Waals surface area contributed by atoms with Gasteiger partial charge in [-0.25, -0.2) is 8.42 Å². The normalized spacial score (nSPS) is 22.6. The fourth-order valence-corrected chi connectivity index (χ4v) is 4.28. The van der Waals surface area contributed by atoms with E-state index < -0.39 is 10.0 Å². The summed E-state index contributed by atoms with van der Waals surface area (Å²) in [4.78, 5) is 2.75. The van der Waals surface area contributed by atoms with Gasteiger partial charge in [0, 0.05) is 49.8 Å². The Morgan fingerprint density at radius 1 is 1.05 bits per heavy atom. The maximum absolute atomic E-state index is 12.5. The zero-order valence-electron chi connectivity index (χ0n) is 11.1. The van der Waals surface area contributed by atoms with Crippen LogP contribution in [0.5, 0.6) is 0 Å². The third kappa shape index (κ3) is 2.78. The maximum Gasteiger partial charge on any atom is 0.243 e.